The standard InChI is InChI=1S/C13H9ClN2O5S.Na/c14-9-6-22(20,21)12-8(5-7-3-1-2-4-15-7)11(17)16(12)10(9)13(18)19;/h1-5,12H,6H2,(H,18,19);/q;+1/p-1/b8-5+;/t12-;/m1./s1. The molecule has 3 rings (SSSR count). The van der Waals surface area contributed by atoms with E-state index in [1.165, 1.54) is 12.3 Å². The number of halogens is 1. The third kappa shape index (κ3) is 2.97. The molecule has 0 N–H and O–H groups in total. The molecule has 114 valence electrons. The fourth-order valence-electron chi connectivity index (χ4n) is 2.41. The average molecular weight is 363 g/mol. The number of carbonyl (C=O) groups is 2. The van der Waals surface area contributed by atoms with Crippen LogP contribution >= 0.6 is 11.6 Å². The number of hydrogen-bond acceptors (Lipinski definition) is 6. The van der Waals surface area contributed by atoms with Gasteiger partial charge < -0.3 is 9.90 Å². The van der Waals surface area contributed by atoms with Crippen LogP contribution in [0.25, 0.3) is 6.08 Å². The number of pyridine rings is 1. The van der Waals surface area contributed by atoms with Crippen molar-refractivity contribution in [2.45, 2.75) is 5.37 Å². The maximum Gasteiger partial charge on any atom is 1.00 e. The number of amides is 1. The van der Waals surface area contributed by atoms with Gasteiger partial charge in [0.15, 0.2) is 15.2 Å². The zero-order valence-corrected chi connectivity index (χ0v) is 15.5. The van der Waals surface area contributed by atoms with Gasteiger partial charge in [0.25, 0.3) is 5.91 Å². The molecule has 7 nitrogen and oxygen atoms in total. The molecule has 0 spiro atoms. The van der Waals surface area contributed by atoms with Crippen LogP contribution in [0.15, 0.2) is 40.7 Å². The number of carbonyl (C=O) groups excluding carboxylic acids is 2. The zero-order valence-electron chi connectivity index (χ0n) is 11.9. The molecule has 0 radical (unpaired) electrons. The number of aromatic nitrogens is 1. The summed E-state index contributed by atoms with van der Waals surface area (Å²) in [5.41, 5.74) is -0.234. The van der Waals surface area contributed by atoms with Crippen LogP contribution in [-0.2, 0) is 19.4 Å². The Balaban J connectivity index is 0.00000192. The molecule has 3 heterocycles. The Bertz CT molecular complexity index is 850. The fraction of sp³-hybridized carbons (Fsp3) is 0.154. The third-order valence-corrected chi connectivity index (χ3v) is 5.62. The number of carboxylic acids is 1. The van der Waals surface area contributed by atoms with Crippen molar-refractivity contribution in [2.75, 3.05) is 5.75 Å². The molecule has 0 saturated carbocycles. The van der Waals surface area contributed by atoms with Crippen LogP contribution in [0.4, 0.5) is 0 Å². The molecule has 0 aliphatic carbocycles. The summed E-state index contributed by atoms with van der Waals surface area (Å²) >= 11 is 5.68. The maximum atomic E-state index is 12.2. The maximum absolute atomic E-state index is 12.2. The predicted molar refractivity (Wildman–Crippen MR) is 74.5 cm³/mol. The third-order valence-electron chi connectivity index (χ3n) is 3.32. The number of fused-ring (bicyclic) bond motifs is 1. The second-order valence-corrected chi connectivity index (χ2v) is 7.25. The predicted octanol–water partition coefficient (Wildman–Crippen LogP) is -3.73. The van der Waals surface area contributed by atoms with Gasteiger partial charge >= 0.3 is 29.6 Å². The molecule has 1 amide bonds. The molecular formula is C13H8ClN2NaO5S. The van der Waals surface area contributed by atoms with Gasteiger partial charge in [-0.3, -0.25) is 14.7 Å². The summed E-state index contributed by atoms with van der Waals surface area (Å²) in [6.45, 7) is 0. The minimum Gasteiger partial charge on any atom is -0.543 e. The van der Waals surface area contributed by atoms with E-state index in [0.717, 1.165) is 0 Å². The molecule has 2 aliphatic rings. The molecular weight excluding hydrogens is 355 g/mol. The number of β-lactam (4-membered cyclic amide) rings is 1. The van der Waals surface area contributed by atoms with Crippen LogP contribution in [0.3, 0.4) is 0 Å². The van der Waals surface area contributed by atoms with E-state index >= 15 is 0 Å². The summed E-state index contributed by atoms with van der Waals surface area (Å²) in [7, 11) is -3.81. The molecule has 1 aromatic rings. The first-order valence-corrected chi connectivity index (χ1v) is 8.20. The Morgan fingerprint density at radius 1 is 1.43 bits per heavy atom. The fourth-order valence-corrected chi connectivity index (χ4v) is 4.76. The zero-order chi connectivity index (χ0) is 16.1. The first-order valence-electron chi connectivity index (χ1n) is 6.10. The summed E-state index contributed by atoms with van der Waals surface area (Å²) in [6.07, 6.45) is 2.82. The van der Waals surface area contributed by atoms with Gasteiger partial charge in [-0.25, -0.2) is 8.42 Å². The largest absolute Gasteiger partial charge is 1.00 e. The number of aliphatic carboxylic acids is 1. The Kier molecular flexibility index (Phi) is 5.03. The van der Waals surface area contributed by atoms with E-state index in [-0.39, 0.29) is 35.1 Å². The number of carboxylic acid groups (broad SMARTS) is 1. The monoisotopic (exact) mass is 362 g/mol. The van der Waals surface area contributed by atoms with Gasteiger partial charge in [0.2, 0.25) is 0 Å². The van der Waals surface area contributed by atoms with E-state index < -0.39 is 43.6 Å². The number of sulfone groups is 1. The molecule has 0 aromatic carbocycles. The molecule has 1 saturated heterocycles. The van der Waals surface area contributed by atoms with Crippen LogP contribution < -0.4 is 34.7 Å². The summed E-state index contributed by atoms with van der Waals surface area (Å²) < 4.78 is 24.4. The van der Waals surface area contributed by atoms with Gasteiger partial charge in [-0.2, -0.15) is 0 Å². The average Bonchev–Trinajstić information content (AvgIpc) is 2.44. The normalized spacial score (nSPS) is 23.9. The minimum absolute atomic E-state index is 0. The number of nitrogens with zero attached hydrogens (tertiary/aromatic N) is 2. The summed E-state index contributed by atoms with van der Waals surface area (Å²) in [4.78, 5) is 27.9. The molecule has 1 atom stereocenters. The van der Waals surface area contributed by atoms with Crippen molar-refractivity contribution in [2.24, 2.45) is 0 Å². The van der Waals surface area contributed by atoms with Crippen LogP contribution in [0.5, 0.6) is 0 Å². The Morgan fingerprint density at radius 2 is 2.13 bits per heavy atom. The second-order valence-electron chi connectivity index (χ2n) is 4.73. The molecule has 1 fully saturated rings. The van der Waals surface area contributed by atoms with Crippen molar-refractivity contribution in [3.05, 3.63) is 46.4 Å². The Labute approximate surface area is 158 Å². The molecule has 1 aromatic heterocycles. The van der Waals surface area contributed by atoms with Crippen molar-refractivity contribution in [3.8, 4) is 0 Å². The number of hydrogen-bond donors (Lipinski definition) is 0. The second kappa shape index (κ2) is 6.37. The Hall–Kier alpha value is -1.19. The summed E-state index contributed by atoms with van der Waals surface area (Å²) in [6, 6.07) is 4.95. The van der Waals surface area contributed by atoms with Crippen LogP contribution in [0, 0.1) is 0 Å². The molecule has 0 unspecified atom stereocenters. The van der Waals surface area contributed by atoms with Gasteiger partial charge in [0.1, 0.15) is 0 Å². The first-order chi connectivity index (χ1) is 10.3. The minimum atomic E-state index is -3.81. The van der Waals surface area contributed by atoms with Crippen molar-refractivity contribution in [3.63, 3.8) is 0 Å². The van der Waals surface area contributed by atoms with Crippen LogP contribution in [0.2, 0.25) is 0 Å². The van der Waals surface area contributed by atoms with Gasteiger partial charge in [-0.1, -0.05) is 17.7 Å². The number of rotatable bonds is 2. The van der Waals surface area contributed by atoms with Crippen molar-refractivity contribution >= 4 is 39.4 Å². The van der Waals surface area contributed by atoms with Crippen molar-refractivity contribution < 1.29 is 52.7 Å². The van der Waals surface area contributed by atoms with E-state index in [1.807, 2.05) is 0 Å². The Morgan fingerprint density at radius 3 is 2.70 bits per heavy atom. The van der Waals surface area contributed by atoms with E-state index in [1.54, 1.807) is 18.2 Å². The summed E-state index contributed by atoms with van der Waals surface area (Å²) in [5, 5.41) is 9.31. The van der Waals surface area contributed by atoms with E-state index in [9.17, 15) is 23.1 Å². The molecule has 23 heavy (non-hydrogen) atoms. The van der Waals surface area contributed by atoms with Gasteiger partial charge in [0, 0.05) is 6.20 Å². The summed E-state index contributed by atoms with van der Waals surface area (Å²) in [5.74, 6) is -3.07. The first kappa shape index (κ1) is 18.2. The van der Waals surface area contributed by atoms with Crippen molar-refractivity contribution in [1.29, 1.82) is 0 Å². The van der Waals surface area contributed by atoms with E-state index in [2.05, 4.69) is 4.98 Å². The molecule has 10 heteroatoms. The van der Waals surface area contributed by atoms with Gasteiger partial charge in [0.05, 0.1) is 33.7 Å². The smallest absolute Gasteiger partial charge is 0.543 e. The van der Waals surface area contributed by atoms with Crippen LogP contribution in [-0.4, -0.2) is 41.3 Å². The van der Waals surface area contributed by atoms with Gasteiger partial charge in [-0.05, 0) is 18.2 Å². The van der Waals surface area contributed by atoms with Gasteiger partial charge in [-0.15, -0.1) is 0 Å². The quantitative estimate of drug-likeness (QED) is 0.304. The molecule has 0 bridgehead atoms. The van der Waals surface area contributed by atoms with E-state index in [0.29, 0.717) is 10.6 Å². The molecule has 2 aliphatic heterocycles. The van der Waals surface area contributed by atoms with Crippen LogP contribution in [0.1, 0.15) is 5.69 Å². The van der Waals surface area contributed by atoms with E-state index in [4.69, 9.17) is 11.6 Å². The topological polar surface area (TPSA) is 107 Å². The SMILES string of the molecule is O=C([O-])C1=C(Cl)CS(=O)(=O)[C@@H]2/C(=C/c3ccccn3)C(=O)N12.[Na+]. The van der Waals surface area contributed by atoms with Crippen molar-refractivity contribution in [1.82, 2.24) is 9.88 Å².